The van der Waals surface area contributed by atoms with E-state index in [1.807, 2.05) is 67.7 Å². The minimum Gasteiger partial charge on any atom is -0.293 e. The molecular formula is C37H29N5O4S. The smallest absolute Gasteiger partial charge is 0.293 e. The van der Waals surface area contributed by atoms with Gasteiger partial charge in [-0.25, -0.2) is 4.79 Å². The van der Waals surface area contributed by atoms with E-state index in [0.29, 0.717) is 0 Å². The maximum Gasteiger partial charge on any atom is 0.333 e. The molecule has 4 aromatic carbocycles. The lowest BCUT2D eigenvalue weighted by atomic mass is 9.97. The zero-order valence-corrected chi connectivity index (χ0v) is 26.4. The molecule has 10 heteroatoms. The Morgan fingerprint density at radius 1 is 0.851 bits per heavy atom. The number of nitrogens with zero attached hydrogens (tertiary/aromatic N) is 5. The predicted molar refractivity (Wildman–Crippen MR) is 182 cm³/mol. The summed E-state index contributed by atoms with van der Waals surface area (Å²) in [5.74, 6) is 0. The van der Waals surface area contributed by atoms with Gasteiger partial charge in [-0.05, 0) is 79.4 Å². The molecule has 3 aromatic heterocycles. The van der Waals surface area contributed by atoms with E-state index in [9.17, 15) is 18.5 Å². The van der Waals surface area contributed by atoms with Gasteiger partial charge in [0.05, 0.1) is 50.3 Å². The predicted octanol–water partition coefficient (Wildman–Crippen LogP) is 6.89. The number of imidazole rings is 1. The molecule has 1 aliphatic rings. The molecule has 0 unspecified atom stereocenters. The molecule has 7 aromatic rings. The Kier molecular flexibility index (Phi) is 7.23. The van der Waals surface area contributed by atoms with Crippen molar-refractivity contribution in [2.24, 2.45) is 7.05 Å². The zero-order chi connectivity index (χ0) is 32.9. The number of rotatable bonds is 4. The summed E-state index contributed by atoms with van der Waals surface area (Å²) in [7, 11) is -2.25. The Morgan fingerprint density at radius 2 is 1.55 bits per heavy atom. The van der Waals surface area contributed by atoms with Crippen LogP contribution < -0.4 is 5.69 Å². The summed E-state index contributed by atoms with van der Waals surface area (Å²) in [5, 5.41) is 11.5. The number of fused-ring (bicyclic) bond motifs is 4. The van der Waals surface area contributed by atoms with E-state index in [1.165, 1.54) is 12.1 Å². The molecule has 0 bridgehead atoms. The third kappa shape index (κ3) is 5.46. The monoisotopic (exact) mass is 639 g/mol. The second kappa shape index (κ2) is 11.3. The molecule has 8 rings (SSSR count). The van der Waals surface area contributed by atoms with Gasteiger partial charge in [-0.2, -0.15) is 13.7 Å². The van der Waals surface area contributed by atoms with Crippen molar-refractivity contribution < 1.29 is 13.0 Å². The highest BCUT2D eigenvalue weighted by Gasteiger charge is 2.44. The van der Waals surface area contributed by atoms with E-state index in [0.717, 1.165) is 73.6 Å². The summed E-state index contributed by atoms with van der Waals surface area (Å²) in [4.78, 5) is 22.6. The van der Waals surface area contributed by atoms with Crippen LogP contribution in [-0.4, -0.2) is 32.1 Å². The Balaban J connectivity index is 0.000000273. The van der Waals surface area contributed by atoms with E-state index in [2.05, 4.69) is 34.2 Å². The lowest BCUT2D eigenvalue weighted by molar-refractivity contribution is 0.483. The zero-order valence-electron chi connectivity index (χ0n) is 25.6. The molecule has 1 saturated carbocycles. The van der Waals surface area contributed by atoms with Gasteiger partial charge in [0.25, 0.3) is 10.1 Å². The third-order valence-electron chi connectivity index (χ3n) is 8.77. The van der Waals surface area contributed by atoms with Crippen LogP contribution in [0.3, 0.4) is 0 Å². The van der Waals surface area contributed by atoms with Gasteiger partial charge in [-0.1, -0.05) is 54.1 Å². The lowest BCUT2D eigenvalue weighted by Gasteiger charge is -2.10. The normalized spacial score (nSPS) is 13.7. The highest BCUT2D eigenvalue weighted by atomic mass is 32.2. The van der Waals surface area contributed by atoms with Gasteiger partial charge < -0.3 is 0 Å². The number of nitriles is 1. The summed E-state index contributed by atoms with van der Waals surface area (Å²) < 4.78 is 32.9. The fraction of sp³-hybridized carbons (Fsp3) is 0.135. The number of aryl methyl sites for hydroxylation is 2. The minimum absolute atomic E-state index is 0.0666. The van der Waals surface area contributed by atoms with Crippen LogP contribution in [-0.2, 0) is 22.6 Å². The first-order chi connectivity index (χ1) is 22.6. The van der Waals surface area contributed by atoms with Crippen molar-refractivity contribution >= 4 is 43.0 Å². The number of hydrogen-bond donors (Lipinski definition) is 1. The second-order valence-corrected chi connectivity index (χ2v) is 13.3. The molecule has 232 valence electrons. The first-order valence-corrected chi connectivity index (χ1v) is 16.4. The van der Waals surface area contributed by atoms with E-state index >= 15 is 0 Å². The van der Waals surface area contributed by atoms with Crippen molar-refractivity contribution in [3.05, 3.63) is 131 Å². The molecule has 9 nitrogen and oxygen atoms in total. The second-order valence-electron chi connectivity index (χ2n) is 11.8. The first-order valence-electron chi connectivity index (χ1n) is 15.0. The molecule has 0 spiro atoms. The number of benzene rings is 4. The maximum atomic E-state index is 13.4. The molecule has 1 aliphatic carbocycles. The number of pyridine rings is 2. The fourth-order valence-corrected chi connectivity index (χ4v) is 6.36. The van der Waals surface area contributed by atoms with E-state index in [4.69, 9.17) is 4.55 Å². The topological polar surface area (TPSA) is 131 Å². The lowest BCUT2D eigenvalue weighted by Crippen LogP contribution is -2.21. The quantitative estimate of drug-likeness (QED) is 0.208. The van der Waals surface area contributed by atoms with Crippen LogP contribution in [0.5, 0.6) is 0 Å². The van der Waals surface area contributed by atoms with Crippen molar-refractivity contribution in [3.8, 4) is 22.9 Å². The van der Waals surface area contributed by atoms with Gasteiger partial charge in [-0.3, -0.25) is 23.7 Å². The van der Waals surface area contributed by atoms with Gasteiger partial charge in [0, 0.05) is 29.6 Å². The highest BCUT2D eigenvalue weighted by molar-refractivity contribution is 7.85. The van der Waals surface area contributed by atoms with Crippen LogP contribution in [0, 0.1) is 18.3 Å². The van der Waals surface area contributed by atoms with E-state index in [-0.39, 0.29) is 16.0 Å². The molecule has 47 heavy (non-hydrogen) atoms. The summed E-state index contributed by atoms with van der Waals surface area (Å²) in [6.07, 6.45) is 5.42. The molecule has 3 heterocycles. The third-order valence-corrected chi connectivity index (χ3v) is 9.64. The van der Waals surface area contributed by atoms with Crippen molar-refractivity contribution in [2.75, 3.05) is 0 Å². The van der Waals surface area contributed by atoms with Crippen LogP contribution in [0.15, 0.2) is 119 Å². The van der Waals surface area contributed by atoms with Gasteiger partial charge in [0.15, 0.2) is 0 Å². The van der Waals surface area contributed by atoms with Gasteiger partial charge in [0.1, 0.15) is 0 Å². The number of hydrogen-bond acceptors (Lipinski definition) is 6. The summed E-state index contributed by atoms with van der Waals surface area (Å²) in [5.41, 5.74) is 7.62. The van der Waals surface area contributed by atoms with E-state index in [1.54, 1.807) is 34.5 Å². The average molecular weight is 640 g/mol. The molecule has 1 fully saturated rings. The van der Waals surface area contributed by atoms with Crippen LogP contribution in [0.4, 0.5) is 0 Å². The molecule has 0 aliphatic heterocycles. The van der Waals surface area contributed by atoms with Crippen molar-refractivity contribution in [3.63, 3.8) is 0 Å². The Morgan fingerprint density at radius 3 is 2.23 bits per heavy atom. The minimum atomic E-state index is -4.02. The van der Waals surface area contributed by atoms with Crippen LogP contribution >= 0.6 is 0 Å². The standard InChI is InChI=1S/C30H21N5O.C7H8O3S/c1-34-27-17-33-26-11-6-19(21-14-20-4-2-3-5-25(20)32-16-21)15-24(26)28(27)35(29(34)36)23-9-7-22(8-10-23)30(18-31)12-13-30;1-6-2-4-7(5-3-6)11(8,9)10/h2-11,14-17H,12-13H2,1H3;2-5H,1H3,(H,8,9,10). The summed E-state index contributed by atoms with van der Waals surface area (Å²) >= 11 is 0. The van der Waals surface area contributed by atoms with Crippen molar-refractivity contribution in [1.29, 1.82) is 5.26 Å². The number of para-hydroxylation sites is 1. The molecular weight excluding hydrogens is 611 g/mol. The molecule has 0 atom stereocenters. The van der Waals surface area contributed by atoms with Crippen LogP contribution in [0.2, 0.25) is 0 Å². The SMILES string of the molecule is Cc1ccc(S(=O)(=O)O)cc1.Cn1c(=O)n(-c2ccc(C3(C#N)CC3)cc2)c2c3cc(-c4cnc5ccccc5c4)ccc3ncc21. The Labute approximate surface area is 270 Å². The fourth-order valence-electron chi connectivity index (χ4n) is 5.88. The van der Waals surface area contributed by atoms with Crippen molar-refractivity contribution in [2.45, 2.75) is 30.1 Å². The Hall–Kier alpha value is -5.63. The van der Waals surface area contributed by atoms with Gasteiger partial charge in [0.2, 0.25) is 0 Å². The maximum absolute atomic E-state index is 13.4. The highest BCUT2D eigenvalue weighted by Crippen LogP contribution is 2.47. The summed E-state index contributed by atoms with van der Waals surface area (Å²) in [6.45, 7) is 1.84. The molecule has 0 radical (unpaired) electrons. The molecule has 1 N–H and O–H groups in total. The number of aromatic nitrogens is 4. The molecule has 0 saturated heterocycles. The van der Waals surface area contributed by atoms with Gasteiger partial charge >= 0.3 is 5.69 Å². The first kappa shape index (κ1) is 30.0. The molecule has 0 amide bonds. The van der Waals surface area contributed by atoms with Crippen molar-refractivity contribution in [1.82, 2.24) is 19.1 Å². The Bertz CT molecular complexity index is 2540. The average Bonchev–Trinajstić information content (AvgIpc) is 3.85. The summed E-state index contributed by atoms with van der Waals surface area (Å²) in [6, 6.07) is 32.6. The van der Waals surface area contributed by atoms with Crippen LogP contribution in [0.1, 0.15) is 24.0 Å². The van der Waals surface area contributed by atoms with Gasteiger partial charge in [-0.15, -0.1) is 0 Å². The largest absolute Gasteiger partial charge is 0.333 e. The van der Waals surface area contributed by atoms with E-state index < -0.39 is 10.1 Å². The van der Waals surface area contributed by atoms with Crippen LogP contribution in [0.25, 0.3) is 49.7 Å².